The van der Waals surface area contributed by atoms with Gasteiger partial charge >= 0.3 is 6.03 Å². The molecule has 2 aliphatic heterocycles. The van der Waals surface area contributed by atoms with Crippen molar-refractivity contribution in [1.82, 2.24) is 24.8 Å². The molecule has 10 nitrogen and oxygen atoms in total. The van der Waals surface area contributed by atoms with Crippen molar-refractivity contribution in [1.29, 1.82) is 0 Å². The van der Waals surface area contributed by atoms with Gasteiger partial charge in [0.25, 0.3) is 11.9 Å². The molecule has 1 N–H and O–H groups in total. The van der Waals surface area contributed by atoms with E-state index in [0.717, 1.165) is 29.5 Å². The number of hydrogen-bond acceptors (Lipinski definition) is 7. The van der Waals surface area contributed by atoms with Gasteiger partial charge in [0.15, 0.2) is 5.82 Å². The number of carbonyl (C=O) groups excluding carboxylic acids is 2. The molecule has 2 aliphatic rings. The quantitative estimate of drug-likeness (QED) is 0.711. The summed E-state index contributed by atoms with van der Waals surface area (Å²) in [6.07, 6.45) is 2.70. The van der Waals surface area contributed by atoms with Gasteiger partial charge < -0.3 is 14.9 Å². The number of aliphatic carboxylic acids is 1. The summed E-state index contributed by atoms with van der Waals surface area (Å²) in [5.74, 6) is -0.155. The van der Waals surface area contributed by atoms with Gasteiger partial charge in [0, 0.05) is 39.8 Å². The van der Waals surface area contributed by atoms with Gasteiger partial charge in [-0.1, -0.05) is 0 Å². The molecule has 0 aliphatic carbocycles. The topological polar surface area (TPSA) is 120 Å². The Labute approximate surface area is 168 Å². The zero-order valence-corrected chi connectivity index (χ0v) is 16.9. The highest BCUT2D eigenvalue weighted by atomic mass is 16.4. The molecule has 154 valence electrons. The molecule has 1 spiro atoms. The normalized spacial score (nSPS) is 18.3. The van der Waals surface area contributed by atoms with E-state index < -0.39 is 11.5 Å². The standard InChI is InChI=1S/C17H20N6O2.C2H4O2/c1-11-4-5-12-13(20-11)14(19-10-18-12)23-8-6-17(7-9-23)15(24)21(2)16(25)22(17)3;1-2(3)4/h4-5,10H,6-9H2,1-3H3;1H3,(H,3,4). The fraction of sp³-hybridized carbons (Fsp3) is 0.474. The number of fused-ring (bicyclic) bond motifs is 1. The third kappa shape index (κ3) is 3.57. The Morgan fingerprint density at radius 2 is 1.76 bits per heavy atom. The van der Waals surface area contributed by atoms with E-state index in [1.807, 2.05) is 19.1 Å². The Bertz CT molecular complexity index is 966. The summed E-state index contributed by atoms with van der Waals surface area (Å²) in [7, 11) is 3.26. The van der Waals surface area contributed by atoms with Crippen LogP contribution >= 0.6 is 0 Å². The van der Waals surface area contributed by atoms with E-state index in [-0.39, 0.29) is 11.9 Å². The number of hydrogen-bond donors (Lipinski definition) is 1. The summed E-state index contributed by atoms with van der Waals surface area (Å²) in [6, 6.07) is 3.64. The molecule has 10 heteroatoms. The van der Waals surface area contributed by atoms with Crippen molar-refractivity contribution in [3.8, 4) is 0 Å². The largest absolute Gasteiger partial charge is 0.481 e. The molecule has 2 fully saturated rings. The number of piperidine rings is 1. The van der Waals surface area contributed by atoms with Gasteiger partial charge in [-0.25, -0.2) is 19.7 Å². The van der Waals surface area contributed by atoms with Crippen LogP contribution in [0.2, 0.25) is 0 Å². The summed E-state index contributed by atoms with van der Waals surface area (Å²) in [5.41, 5.74) is 1.77. The Kier molecular flexibility index (Phi) is 5.36. The molecule has 29 heavy (non-hydrogen) atoms. The van der Waals surface area contributed by atoms with Crippen molar-refractivity contribution in [2.75, 3.05) is 32.1 Å². The number of urea groups is 1. The second-order valence-electron chi connectivity index (χ2n) is 7.26. The number of carboxylic acids is 1. The third-order valence-electron chi connectivity index (χ3n) is 5.41. The molecule has 0 saturated carbocycles. The summed E-state index contributed by atoms with van der Waals surface area (Å²) in [6.45, 7) is 4.30. The Balaban J connectivity index is 0.000000552. The number of rotatable bonds is 1. The van der Waals surface area contributed by atoms with Gasteiger partial charge in [-0.3, -0.25) is 14.5 Å². The van der Waals surface area contributed by atoms with Crippen LogP contribution in [0.4, 0.5) is 10.6 Å². The Morgan fingerprint density at radius 1 is 1.14 bits per heavy atom. The van der Waals surface area contributed by atoms with Crippen molar-refractivity contribution in [3.05, 3.63) is 24.2 Å². The van der Waals surface area contributed by atoms with Gasteiger partial charge in [0.1, 0.15) is 17.4 Å². The summed E-state index contributed by atoms with van der Waals surface area (Å²) in [5, 5.41) is 7.42. The number of pyridine rings is 1. The van der Waals surface area contributed by atoms with Crippen LogP contribution in [0.3, 0.4) is 0 Å². The van der Waals surface area contributed by atoms with Gasteiger partial charge in [-0.05, 0) is 31.9 Å². The minimum atomic E-state index is -0.833. The van der Waals surface area contributed by atoms with E-state index in [2.05, 4.69) is 19.9 Å². The summed E-state index contributed by atoms with van der Waals surface area (Å²) >= 11 is 0. The molecular formula is C19H24N6O4. The first-order valence-electron chi connectivity index (χ1n) is 9.26. The number of aromatic nitrogens is 3. The fourth-order valence-corrected chi connectivity index (χ4v) is 3.84. The van der Waals surface area contributed by atoms with E-state index in [1.54, 1.807) is 25.3 Å². The van der Waals surface area contributed by atoms with Crippen LogP contribution < -0.4 is 4.90 Å². The van der Waals surface area contributed by atoms with Crippen molar-refractivity contribution < 1.29 is 19.5 Å². The molecule has 0 bridgehead atoms. The van der Waals surface area contributed by atoms with Crippen LogP contribution in [0.5, 0.6) is 0 Å². The number of nitrogens with zero attached hydrogens (tertiary/aromatic N) is 6. The molecule has 0 unspecified atom stereocenters. The first kappa shape index (κ1) is 20.4. The highest BCUT2D eigenvalue weighted by Crippen LogP contribution is 2.37. The molecule has 0 aromatic carbocycles. The third-order valence-corrected chi connectivity index (χ3v) is 5.41. The molecule has 2 aromatic rings. The van der Waals surface area contributed by atoms with Crippen LogP contribution in [0.15, 0.2) is 18.5 Å². The maximum absolute atomic E-state index is 12.6. The van der Waals surface area contributed by atoms with E-state index >= 15 is 0 Å². The molecule has 0 radical (unpaired) electrons. The number of anilines is 1. The molecule has 4 rings (SSSR count). The predicted molar refractivity (Wildman–Crippen MR) is 105 cm³/mol. The lowest BCUT2D eigenvalue weighted by Gasteiger charge is -2.41. The zero-order chi connectivity index (χ0) is 21.3. The van der Waals surface area contributed by atoms with Crippen LogP contribution in [0.1, 0.15) is 25.5 Å². The molecule has 2 saturated heterocycles. The predicted octanol–water partition coefficient (Wildman–Crippen LogP) is 1.29. The maximum atomic E-state index is 12.6. The van der Waals surface area contributed by atoms with Crippen LogP contribution in [0, 0.1) is 6.92 Å². The Morgan fingerprint density at radius 3 is 2.31 bits per heavy atom. The minimum absolute atomic E-state index is 0.110. The highest BCUT2D eigenvalue weighted by molar-refractivity contribution is 6.06. The van der Waals surface area contributed by atoms with Crippen LogP contribution in [-0.2, 0) is 9.59 Å². The lowest BCUT2D eigenvalue weighted by molar-refractivity contribution is -0.134. The second kappa shape index (κ2) is 7.61. The molecule has 0 atom stereocenters. The lowest BCUT2D eigenvalue weighted by atomic mass is 9.86. The first-order valence-corrected chi connectivity index (χ1v) is 9.26. The van der Waals surface area contributed by atoms with Gasteiger partial charge in [0.2, 0.25) is 0 Å². The monoisotopic (exact) mass is 400 g/mol. The van der Waals surface area contributed by atoms with Crippen molar-refractivity contribution >= 4 is 34.8 Å². The second-order valence-corrected chi connectivity index (χ2v) is 7.26. The maximum Gasteiger partial charge on any atom is 0.327 e. The summed E-state index contributed by atoms with van der Waals surface area (Å²) in [4.78, 5) is 52.0. The average molecular weight is 400 g/mol. The Hall–Kier alpha value is -3.30. The van der Waals surface area contributed by atoms with Gasteiger partial charge in [-0.2, -0.15) is 0 Å². The van der Waals surface area contributed by atoms with Crippen LogP contribution in [-0.4, -0.2) is 80.5 Å². The smallest absolute Gasteiger partial charge is 0.327 e. The minimum Gasteiger partial charge on any atom is -0.481 e. The highest BCUT2D eigenvalue weighted by Gasteiger charge is 2.55. The average Bonchev–Trinajstić information content (AvgIpc) is 2.84. The number of likely N-dealkylation sites (N-methyl/N-ethyl adjacent to an activating group) is 2. The van der Waals surface area contributed by atoms with Crippen LogP contribution in [0.25, 0.3) is 11.0 Å². The van der Waals surface area contributed by atoms with E-state index in [4.69, 9.17) is 9.90 Å². The summed E-state index contributed by atoms with van der Waals surface area (Å²) < 4.78 is 0. The van der Waals surface area contributed by atoms with Gasteiger partial charge in [-0.15, -0.1) is 0 Å². The lowest BCUT2D eigenvalue weighted by Crippen LogP contribution is -2.55. The van der Waals surface area contributed by atoms with E-state index in [0.29, 0.717) is 25.9 Å². The molecular weight excluding hydrogens is 376 g/mol. The van der Waals surface area contributed by atoms with Gasteiger partial charge in [0.05, 0.1) is 5.52 Å². The van der Waals surface area contributed by atoms with E-state index in [9.17, 15) is 9.59 Å². The number of aryl methyl sites for hydroxylation is 1. The molecule has 2 aromatic heterocycles. The SMILES string of the molecule is CC(=O)O.Cc1ccc2ncnc(N3CCC4(CC3)C(=O)N(C)C(=O)N4C)c2n1. The number of amides is 3. The fourth-order valence-electron chi connectivity index (χ4n) is 3.84. The number of carboxylic acid groups (broad SMARTS) is 1. The van der Waals surface area contributed by atoms with E-state index in [1.165, 1.54) is 4.90 Å². The first-order chi connectivity index (χ1) is 13.7. The molecule has 4 heterocycles. The van der Waals surface area contributed by atoms with Crippen molar-refractivity contribution in [2.45, 2.75) is 32.2 Å². The molecule has 3 amide bonds. The number of imide groups is 1. The zero-order valence-electron chi connectivity index (χ0n) is 16.9. The number of carbonyl (C=O) groups is 3. The van der Waals surface area contributed by atoms with Crippen molar-refractivity contribution in [2.24, 2.45) is 0 Å². The van der Waals surface area contributed by atoms with Crippen molar-refractivity contribution in [3.63, 3.8) is 0 Å².